The molecule has 1 aromatic heterocycles. The van der Waals surface area contributed by atoms with E-state index in [0.29, 0.717) is 19.0 Å². The molecule has 0 bridgehead atoms. The summed E-state index contributed by atoms with van der Waals surface area (Å²) in [5, 5.41) is 10.9. The molecule has 1 aliphatic rings. The van der Waals surface area contributed by atoms with Gasteiger partial charge in [0.1, 0.15) is 0 Å². The van der Waals surface area contributed by atoms with Crippen LogP contribution in [0.25, 0.3) is 0 Å². The molecule has 1 atom stereocenters. The quantitative estimate of drug-likeness (QED) is 0.778. The van der Waals surface area contributed by atoms with E-state index in [1.165, 1.54) is 25.7 Å². The van der Waals surface area contributed by atoms with Crippen molar-refractivity contribution in [2.24, 2.45) is 17.6 Å². The fourth-order valence-electron chi connectivity index (χ4n) is 3.22. The molecule has 0 saturated heterocycles. The number of aromatic nitrogens is 3. The van der Waals surface area contributed by atoms with Crippen molar-refractivity contribution in [3.05, 3.63) is 11.9 Å². The predicted molar refractivity (Wildman–Crippen MR) is 81.3 cm³/mol. The molecule has 2 rings (SSSR count). The van der Waals surface area contributed by atoms with Crippen molar-refractivity contribution in [2.75, 3.05) is 6.54 Å². The van der Waals surface area contributed by atoms with Gasteiger partial charge in [0.25, 0.3) is 0 Å². The smallest absolute Gasteiger partial charge is 0.224 e. The maximum atomic E-state index is 12.4. The van der Waals surface area contributed by atoms with Gasteiger partial charge in [0.15, 0.2) is 0 Å². The number of amides is 1. The Balaban J connectivity index is 1.90. The van der Waals surface area contributed by atoms with E-state index in [0.717, 1.165) is 25.1 Å². The maximum Gasteiger partial charge on any atom is 0.224 e. The fraction of sp³-hybridized carbons (Fsp3) is 0.800. The van der Waals surface area contributed by atoms with E-state index in [1.54, 1.807) is 10.9 Å². The zero-order valence-corrected chi connectivity index (χ0v) is 12.9. The monoisotopic (exact) mass is 293 g/mol. The SMILES string of the molecule is CCn1nncc1CNC(=O)[C@@H](CN)C1CCCCCC1. The number of carbonyl (C=O) groups is 1. The van der Waals surface area contributed by atoms with Gasteiger partial charge in [0, 0.05) is 13.1 Å². The number of nitrogens with zero attached hydrogens (tertiary/aromatic N) is 3. The molecular formula is C15H27N5O. The maximum absolute atomic E-state index is 12.4. The fourth-order valence-corrected chi connectivity index (χ4v) is 3.22. The average Bonchev–Trinajstić information content (AvgIpc) is 2.79. The van der Waals surface area contributed by atoms with Crippen LogP contribution in [0.15, 0.2) is 6.20 Å². The van der Waals surface area contributed by atoms with Crippen molar-refractivity contribution >= 4 is 5.91 Å². The first kappa shape index (κ1) is 15.9. The van der Waals surface area contributed by atoms with Crippen molar-refractivity contribution < 1.29 is 4.79 Å². The summed E-state index contributed by atoms with van der Waals surface area (Å²) in [5.74, 6) is 0.453. The third kappa shape index (κ3) is 4.27. The molecule has 1 aromatic rings. The molecule has 0 spiro atoms. The van der Waals surface area contributed by atoms with Gasteiger partial charge in [-0.3, -0.25) is 4.79 Å². The van der Waals surface area contributed by atoms with Crippen molar-refractivity contribution in [2.45, 2.75) is 58.5 Å². The summed E-state index contributed by atoms with van der Waals surface area (Å²) in [7, 11) is 0. The third-order valence-corrected chi connectivity index (χ3v) is 4.50. The third-order valence-electron chi connectivity index (χ3n) is 4.50. The molecule has 3 N–H and O–H groups in total. The van der Waals surface area contributed by atoms with Gasteiger partial charge in [-0.1, -0.05) is 30.9 Å². The van der Waals surface area contributed by atoms with Crippen LogP contribution in [0.1, 0.15) is 51.1 Å². The minimum atomic E-state index is -0.0611. The first-order chi connectivity index (χ1) is 10.3. The Morgan fingerprint density at radius 3 is 2.76 bits per heavy atom. The van der Waals surface area contributed by atoms with E-state index in [2.05, 4.69) is 15.6 Å². The lowest BCUT2D eigenvalue weighted by Gasteiger charge is -2.24. The molecule has 0 aliphatic heterocycles. The molecule has 21 heavy (non-hydrogen) atoms. The first-order valence-electron chi connectivity index (χ1n) is 8.11. The number of carbonyl (C=O) groups excluding carboxylic acids is 1. The Morgan fingerprint density at radius 2 is 2.14 bits per heavy atom. The Labute approximate surface area is 126 Å². The Morgan fingerprint density at radius 1 is 1.43 bits per heavy atom. The predicted octanol–water partition coefficient (Wildman–Crippen LogP) is 1.46. The standard InChI is InChI=1S/C15H27N5O/c1-2-20-13(11-18-19-20)10-17-15(21)14(9-16)12-7-5-3-4-6-8-12/h11-12,14H,2-10,16H2,1H3,(H,17,21)/t14-/m0/s1. The summed E-state index contributed by atoms with van der Waals surface area (Å²) >= 11 is 0. The molecule has 1 fully saturated rings. The van der Waals surface area contributed by atoms with Crippen LogP contribution >= 0.6 is 0 Å². The lowest BCUT2D eigenvalue weighted by atomic mass is 9.85. The van der Waals surface area contributed by atoms with Crippen LogP contribution in [0, 0.1) is 11.8 Å². The van der Waals surface area contributed by atoms with Crippen LogP contribution in [-0.2, 0) is 17.9 Å². The van der Waals surface area contributed by atoms with Gasteiger partial charge in [-0.05, 0) is 25.7 Å². The molecular weight excluding hydrogens is 266 g/mol. The van der Waals surface area contributed by atoms with E-state index < -0.39 is 0 Å². The number of aryl methyl sites for hydroxylation is 1. The number of nitrogens with one attached hydrogen (secondary N) is 1. The van der Waals surface area contributed by atoms with E-state index >= 15 is 0 Å². The molecule has 6 heteroatoms. The van der Waals surface area contributed by atoms with Gasteiger partial charge < -0.3 is 11.1 Å². The molecule has 1 heterocycles. The van der Waals surface area contributed by atoms with Gasteiger partial charge in [-0.2, -0.15) is 0 Å². The minimum Gasteiger partial charge on any atom is -0.350 e. The highest BCUT2D eigenvalue weighted by Gasteiger charge is 2.27. The molecule has 1 aliphatic carbocycles. The zero-order chi connectivity index (χ0) is 15.1. The van der Waals surface area contributed by atoms with Crippen LogP contribution in [0.4, 0.5) is 0 Å². The van der Waals surface area contributed by atoms with Crippen LogP contribution in [0.2, 0.25) is 0 Å². The molecule has 0 unspecified atom stereocenters. The molecule has 6 nitrogen and oxygen atoms in total. The summed E-state index contributed by atoms with van der Waals surface area (Å²) in [6, 6.07) is 0. The first-order valence-corrected chi connectivity index (χ1v) is 8.11. The summed E-state index contributed by atoms with van der Waals surface area (Å²) in [4.78, 5) is 12.4. The summed E-state index contributed by atoms with van der Waals surface area (Å²) in [6.07, 6.45) is 8.98. The summed E-state index contributed by atoms with van der Waals surface area (Å²) in [5.41, 5.74) is 6.80. The number of nitrogens with two attached hydrogens (primary N) is 1. The second-order valence-electron chi connectivity index (χ2n) is 5.85. The minimum absolute atomic E-state index is 0.0611. The molecule has 0 aromatic carbocycles. The van der Waals surface area contributed by atoms with Crippen LogP contribution < -0.4 is 11.1 Å². The van der Waals surface area contributed by atoms with Gasteiger partial charge in [-0.25, -0.2) is 4.68 Å². The van der Waals surface area contributed by atoms with Crippen LogP contribution in [-0.4, -0.2) is 27.4 Å². The van der Waals surface area contributed by atoms with Crippen molar-refractivity contribution in [3.8, 4) is 0 Å². The van der Waals surface area contributed by atoms with E-state index in [-0.39, 0.29) is 11.8 Å². The van der Waals surface area contributed by atoms with E-state index in [1.807, 2.05) is 6.92 Å². The summed E-state index contributed by atoms with van der Waals surface area (Å²) in [6.45, 7) is 3.67. The highest BCUT2D eigenvalue weighted by molar-refractivity contribution is 5.79. The highest BCUT2D eigenvalue weighted by Crippen LogP contribution is 2.28. The Kier molecular flexibility index (Phi) is 6.17. The van der Waals surface area contributed by atoms with Crippen LogP contribution in [0.3, 0.4) is 0 Å². The van der Waals surface area contributed by atoms with E-state index in [4.69, 9.17) is 5.73 Å². The molecule has 1 saturated carbocycles. The molecule has 118 valence electrons. The number of rotatable bonds is 6. The normalized spacial score (nSPS) is 18.2. The average molecular weight is 293 g/mol. The van der Waals surface area contributed by atoms with Crippen molar-refractivity contribution in [1.82, 2.24) is 20.3 Å². The van der Waals surface area contributed by atoms with Gasteiger partial charge in [0.05, 0.1) is 24.4 Å². The molecule has 1 amide bonds. The highest BCUT2D eigenvalue weighted by atomic mass is 16.1. The number of hydrogen-bond acceptors (Lipinski definition) is 4. The van der Waals surface area contributed by atoms with Crippen LogP contribution in [0.5, 0.6) is 0 Å². The van der Waals surface area contributed by atoms with Gasteiger partial charge >= 0.3 is 0 Å². The zero-order valence-electron chi connectivity index (χ0n) is 12.9. The second kappa shape index (κ2) is 8.12. The van der Waals surface area contributed by atoms with Gasteiger partial charge in [0.2, 0.25) is 5.91 Å². The van der Waals surface area contributed by atoms with E-state index in [9.17, 15) is 4.79 Å². The second-order valence-corrected chi connectivity index (χ2v) is 5.85. The lowest BCUT2D eigenvalue weighted by Crippen LogP contribution is -2.39. The van der Waals surface area contributed by atoms with Gasteiger partial charge in [-0.15, -0.1) is 5.10 Å². The lowest BCUT2D eigenvalue weighted by molar-refractivity contribution is -0.126. The number of hydrogen-bond donors (Lipinski definition) is 2. The van der Waals surface area contributed by atoms with Crippen molar-refractivity contribution in [3.63, 3.8) is 0 Å². The topological polar surface area (TPSA) is 85.8 Å². The summed E-state index contributed by atoms with van der Waals surface area (Å²) < 4.78 is 1.80. The Bertz CT molecular complexity index is 437. The Hall–Kier alpha value is -1.43. The van der Waals surface area contributed by atoms with Crippen molar-refractivity contribution in [1.29, 1.82) is 0 Å². The largest absolute Gasteiger partial charge is 0.350 e. The molecule has 0 radical (unpaired) electrons.